The summed E-state index contributed by atoms with van der Waals surface area (Å²) in [6, 6.07) is 11.1. The number of hydrogen-bond donors (Lipinski definition) is 2. The molecular formula is C18H18BrF2N3O4. The molecule has 2 aromatic carbocycles. The monoisotopic (exact) mass is 457 g/mol. The smallest absolute Gasteiger partial charge is 0.387 e. The first-order valence-electron chi connectivity index (χ1n) is 7.99. The molecule has 1 atom stereocenters. The van der Waals surface area contributed by atoms with Crippen LogP contribution in [0.15, 0.2) is 52.1 Å². The second-order valence-corrected chi connectivity index (χ2v) is 6.38. The van der Waals surface area contributed by atoms with Gasteiger partial charge in [0.05, 0.1) is 7.11 Å². The topological polar surface area (TPSA) is 95.2 Å². The summed E-state index contributed by atoms with van der Waals surface area (Å²) in [6.07, 6.45) is -0.925. The molecule has 0 fully saturated rings. The van der Waals surface area contributed by atoms with E-state index in [-0.39, 0.29) is 17.3 Å². The van der Waals surface area contributed by atoms with Crippen molar-refractivity contribution in [2.45, 2.75) is 19.6 Å². The summed E-state index contributed by atoms with van der Waals surface area (Å²) >= 11 is 3.31. The van der Waals surface area contributed by atoms with Crippen molar-refractivity contribution in [1.82, 2.24) is 0 Å². The SMILES string of the molecule is COc1cc(/C(N)=N/OC(C)C(=O)Nc2ccc(Br)cc2)ccc1OC(F)F. The van der Waals surface area contributed by atoms with E-state index in [2.05, 4.69) is 31.1 Å². The predicted molar refractivity (Wildman–Crippen MR) is 104 cm³/mol. The quantitative estimate of drug-likeness (QED) is 0.357. The summed E-state index contributed by atoms with van der Waals surface area (Å²) in [5.41, 5.74) is 6.77. The molecular weight excluding hydrogens is 440 g/mol. The molecule has 3 N–H and O–H groups in total. The summed E-state index contributed by atoms with van der Waals surface area (Å²) < 4.78 is 35.0. The van der Waals surface area contributed by atoms with Crippen molar-refractivity contribution >= 4 is 33.4 Å². The van der Waals surface area contributed by atoms with Gasteiger partial charge in [-0.15, -0.1) is 0 Å². The third kappa shape index (κ3) is 6.08. The van der Waals surface area contributed by atoms with Crippen LogP contribution in [0.1, 0.15) is 12.5 Å². The average Bonchev–Trinajstić information content (AvgIpc) is 2.67. The maximum atomic E-state index is 12.4. The molecule has 2 rings (SSSR count). The molecule has 0 aliphatic rings. The van der Waals surface area contributed by atoms with Gasteiger partial charge in [-0.2, -0.15) is 8.78 Å². The maximum Gasteiger partial charge on any atom is 0.387 e. The van der Waals surface area contributed by atoms with Gasteiger partial charge in [0, 0.05) is 15.7 Å². The van der Waals surface area contributed by atoms with Gasteiger partial charge in [0.25, 0.3) is 5.91 Å². The normalized spacial score (nSPS) is 12.4. The second-order valence-electron chi connectivity index (χ2n) is 5.46. The van der Waals surface area contributed by atoms with Crippen molar-refractivity contribution in [2.75, 3.05) is 12.4 Å². The van der Waals surface area contributed by atoms with Crippen LogP contribution in [0.2, 0.25) is 0 Å². The first kappa shape index (κ1) is 21.4. The number of rotatable bonds is 8. The van der Waals surface area contributed by atoms with Gasteiger partial charge in [-0.3, -0.25) is 4.79 Å². The van der Waals surface area contributed by atoms with Gasteiger partial charge in [0.1, 0.15) is 0 Å². The number of carbonyl (C=O) groups is 1. The Labute approximate surface area is 168 Å². The van der Waals surface area contributed by atoms with E-state index >= 15 is 0 Å². The fourth-order valence-corrected chi connectivity index (χ4v) is 2.30. The number of carbonyl (C=O) groups excluding carboxylic acids is 1. The molecule has 28 heavy (non-hydrogen) atoms. The molecule has 0 aromatic heterocycles. The Hall–Kier alpha value is -2.88. The van der Waals surface area contributed by atoms with Crippen LogP contribution in [0, 0.1) is 0 Å². The van der Waals surface area contributed by atoms with Crippen molar-refractivity contribution in [3.63, 3.8) is 0 Å². The van der Waals surface area contributed by atoms with E-state index < -0.39 is 18.6 Å². The first-order chi connectivity index (χ1) is 13.3. The highest BCUT2D eigenvalue weighted by atomic mass is 79.9. The van der Waals surface area contributed by atoms with Crippen molar-refractivity contribution in [1.29, 1.82) is 0 Å². The van der Waals surface area contributed by atoms with Crippen LogP contribution in [0.4, 0.5) is 14.5 Å². The average molecular weight is 458 g/mol. The molecule has 10 heteroatoms. The third-order valence-electron chi connectivity index (χ3n) is 3.47. The van der Waals surface area contributed by atoms with Gasteiger partial charge < -0.3 is 25.4 Å². The van der Waals surface area contributed by atoms with Crippen LogP contribution in [0.5, 0.6) is 11.5 Å². The Morgan fingerprint density at radius 2 is 1.86 bits per heavy atom. The molecule has 0 aliphatic carbocycles. The van der Waals surface area contributed by atoms with Gasteiger partial charge in [-0.05, 0) is 49.4 Å². The predicted octanol–water partition coefficient (Wildman–Crippen LogP) is 3.72. The number of nitrogens with one attached hydrogen (secondary N) is 1. The van der Waals surface area contributed by atoms with Gasteiger partial charge >= 0.3 is 6.61 Å². The molecule has 150 valence electrons. The van der Waals surface area contributed by atoms with Gasteiger partial charge in [-0.25, -0.2) is 0 Å². The van der Waals surface area contributed by atoms with Crippen molar-refractivity contribution in [3.8, 4) is 11.5 Å². The van der Waals surface area contributed by atoms with Crippen molar-refractivity contribution in [3.05, 3.63) is 52.5 Å². The zero-order valence-electron chi connectivity index (χ0n) is 15.0. The largest absolute Gasteiger partial charge is 0.493 e. The number of anilines is 1. The lowest BCUT2D eigenvalue weighted by molar-refractivity contribution is -0.126. The number of amides is 1. The molecule has 0 spiro atoms. The number of amidine groups is 1. The fourth-order valence-electron chi connectivity index (χ4n) is 2.03. The molecule has 0 heterocycles. The minimum absolute atomic E-state index is 0.0528. The molecule has 1 amide bonds. The van der Waals surface area contributed by atoms with Crippen LogP contribution in [-0.2, 0) is 9.63 Å². The Balaban J connectivity index is 2.02. The number of alkyl halides is 2. The van der Waals surface area contributed by atoms with Crippen LogP contribution >= 0.6 is 15.9 Å². The number of hydrogen-bond acceptors (Lipinski definition) is 5. The number of nitrogens with two attached hydrogens (primary N) is 1. The standard InChI is InChI=1S/C18H18BrF2N3O4/c1-10(17(25)23-13-6-4-12(19)5-7-13)28-24-16(22)11-3-8-14(27-18(20)21)15(9-11)26-2/h3-10,18H,1-2H3,(H2,22,24)(H,23,25). The zero-order chi connectivity index (χ0) is 20.7. The highest BCUT2D eigenvalue weighted by molar-refractivity contribution is 9.10. The zero-order valence-corrected chi connectivity index (χ0v) is 16.6. The maximum absolute atomic E-state index is 12.4. The summed E-state index contributed by atoms with van der Waals surface area (Å²) in [5.74, 6) is -0.573. The lowest BCUT2D eigenvalue weighted by Crippen LogP contribution is -2.27. The molecule has 1 unspecified atom stereocenters. The van der Waals surface area contributed by atoms with Crippen LogP contribution in [0.3, 0.4) is 0 Å². The van der Waals surface area contributed by atoms with E-state index in [0.717, 1.165) is 4.47 Å². The number of nitrogens with zero attached hydrogens (tertiary/aromatic N) is 1. The Morgan fingerprint density at radius 1 is 1.18 bits per heavy atom. The number of halogens is 3. The number of methoxy groups -OCH3 is 1. The van der Waals surface area contributed by atoms with Gasteiger partial charge in [-0.1, -0.05) is 21.1 Å². The minimum Gasteiger partial charge on any atom is -0.493 e. The molecule has 2 aromatic rings. The van der Waals surface area contributed by atoms with E-state index in [4.69, 9.17) is 15.3 Å². The Kier molecular flexibility index (Phi) is 7.56. The molecule has 0 aliphatic heterocycles. The number of ether oxygens (including phenoxy) is 2. The fraction of sp³-hybridized carbons (Fsp3) is 0.222. The first-order valence-corrected chi connectivity index (χ1v) is 8.78. The lowest BCUT2D eigenvalue weighted by atomic mass is 10.2. The van der Waals surface area contributed by atoms with Crippen molar-refractivity contribution in [2.24, 2.45) is 10.9 Å². The molecule has 0 radical (unpaired) electrons. The highest BCUT2D eigenvalue weighted by Gasteiger charge is 2.16. The van der Waals surface area contributed by atoms with E-state index in [1.165, 1.54) is 32.2 Å². The minimum atomic E-state index is -2.99. The number of benzene rings is 2. The van der Waals surface area contributed by atoms with E-state index in [1.807, 2.05) is 0 Å². The molecule has 0 bridgehead atoms. The Morgan fingerprint density at radius 3 is 2.46 bits per heavy atom. The second kappa shape index (κ2) is 9.88. The highest BCUT2D eigenvalue weighted by Crippen LogP contribution is 2.29. The van der Waals surface area contributed by atoms with Gasteiger partial charge in [0.2, 0.25) is 6.10 Å². The van der Waals surface area contributed by atoms with E-state index in [0.29, 0.717) is 11.3 Å². The lowest BCUT2D eigenvalue weighted by Gasteiger charge is -2.13. The van der Waals surface area contributed by atoms with Crippen LogP contribution in [0.25, 0.3) is 0 Å². The summed E-state index contributed by atoms with van der Waals surface area (Å²) in [5, 5.41) is 6.39. The summed E-state index contributed by atoms with van der Waals surface area (Å²) in [4.78, 5) is 17.3. The van der Waals surface area contributed by atoms with E-state index in [9.17, 15) is 13.6 Å². The van der Waals surface area contributed by atoms with Crippen LogP contribution < -0.4 is 20.5 Å². The molecule has 0 saturated carbocycles. The van der Waals surface area contributed by atoms with Crippen molar-refractivity contribution < 1.29 is 27.9 Å². The molecule has 7 nitrogen and oxygen atoms in total. The van der Waals surface area contributed by atoms with Crippen LogP contribution in [-0.4, -0.2) is 31.6 Å². The van der Waals surface area contributed by atoms with E-state index in [1.54, 1.807) is 24.3 Å². The Bertz CT molecular complexity index is 847. The van der Waals surface area contributed by atoms with Gasteiger partial charge in [0.15, 0.2) is 17.3 Å². The molecule has 0 saturated heterocycles. The summed E-state index contributed by atoms with van der Waals surface area (Å²) in [7, 11) is 1.30. The third-order valence-corrected chi connectivity index (χ3v) is 3.99. The number of oxime groups is 1. The summed E-state index contributed by atoms with van der Waals surface area (Å²) in [6.45, 7) is -1.48.